The van der Waals surface area contributed by atoms with E-state index in [1.807, 2.05) is 0 Å². The van der Waals surface area contributed by atoms with Crippen molar-refractivity contribution in [3.63, 3.8) is 0 Å². The van der Waals surface area contributed by atoms with Gasteiger partial charge in [0, 0.05) is 65.0 Å². The second-order valence-electron chi connectivity index (χ2n) is 17.0. The average molecular weight is 872 g/mol. The maximum atomic E-state index is 13.3. The number of amides is 7. The van der Waals surface area contributed by atoms with Crippen molar-refractivity contribution >= 4 is 41.9 Å². The van der Waals surface area contributed by atoms with E-state index in [2.05, 4.69) is 43.1 Å². The minimum absolute atomic E-state index is 0.0173. The van der Waals surface area contributed by atoms with Gasteiger partial charge in [0.15, 0.2) is 0 Å². The van der Waals surface area contributed by atoms with Crippen LogP contribution in [-0.4, -0.2) is 143 Å². The number of hydrogen-bond acceptors (Lipinski definition) is 13. The zero-order valence-corrected chi connectivity index (χ0v) is 37.8. The van der Waals surface area contributed by atoms with Crippen molar-refractivity contribution in [3.8, 4) is 12.3 Å². The molecule has 61 heavy (non-hydrogen) atoms. The van der Waals surface area contributed by atoms with Crippen molar-refractivity contribution in [2.24, 2.45) is 0 Å². The van der Waals surface area contributed by atoms with Crippen LogP contribution in [-0.2, 0) is 47.6 Å². The predicted octanol–water partition coefficient (Wildman–Crippen LogP) is 2.18. The summed E-state index contributed by atoms with van der Waals surface area (Å²) in [6.07, 6.45) is 4.75. The van der Waals surface area contributed by atoms with E-state index in [-0.39, 0.29) is 96.1 Å². The summed E-state index contributed by atoms with van der Waals surface area (Å²) in [5.74, 6) is 0.862. The van der Waals surface area contributed by atoms with Crippen LogP contribution in [0, 0.1) is 12.3 Å². The summed E-state index contributed by atoms with van der Waals surface area (Å²) in [5.41, 5.74) is -3.21. The highest BCUT2D eigenvalue weighted by Crippen LogP contribution is 2.12. The van der Waals surface area contributed by atoms with E-state index in [0.717, 1.165) is 0 Å². The lowest BCUT2D eigenvalue weighted by Gasteiger charge is -2.34. The molecule has 0 unspecified atom stereocenters. The molecule has 0 bridgehead atoms. The summed E-state index contributed by atoms with van der Waals surface area (Å²) in [6, 6.07) is 0. The number of alkyl carbamates (subject to hydrolysis) is 3. The molecular formula is C41H73N7O13. The van der Waals surface area contributed by atoms with Gasteiger partial charge in [-0.1, -0.05) is 5.92 Å². The fourth-order valence-corrected chi connectivity index (χ4v) is 4.72. The van der Waals surface area contributed by atoms with Crippen molar-refractivity contribution in [2.75, 3.05) is 78.9 Å². The van der Waals surface area contributed by atoms with Crippen LogP contribution in [0.3, 0.4) is 0 Å². The van der Waals surface area contributed by atoms with E-state index in [4.69, 9.17) is 34.8 Å². The Kier molecular flexibility index (Phi) is 27.8. The standard InChI is InChI=1S/C41H73N7O13/c1-11-25-56-28-41(29-57-26-17-32(50)43-20-13-23-46-36(54)60-39(5,6)7,30-58-27-18-33(51)44-21-14-24-47-37(55)61-40(8,9)10)48-34(52)16-15-31(49)42-19-12-22-45-35(53)59-38(2,3)4/h1H,12-30H2,2-10H3,(H,42,49)(H,43,50)(H,44,51)(H,45,53)(H,46,54)(H,47,55)(H,48,52). The third kappa shape index (κ3) is 35.6. The topological polar surface area (TPSA) is 259 Å². The maximum Gasteiger partial charge on any atom is 0.407 e. The molecule has 0 radical (unpaired) electrons. The molecule has 0 heterocycles. The highest BCUT2D eigenvalue weighted by molar-refractivity contribution is 5.84. The first-order valence-electron chi connectivity index (χ1n) is 20.6. The van der Waals surface area contributed by atoms with Crippen LogP contribution >= 0.6 is 0 Å². The van der Waals surface area contributed by atoms with Crippen molar-refractivity contribution in [2.45, 2.75) is 130 Å². The van der Waals surface area contributed by atoms with Crippen LogP contribution in [0.4, 0.5) is 14.4 Å². The van der Waals surface area contributed by atoms with Gasteiger partial charge in [0.2, 0.25) is 23.6 Å². The quantitative estimate of drug-likeness (QED) is 0.0324. The molecule has 7 amide bonds. The van der Waals surface area contributed by atoms with Crippen molar-refractivity contribution in [1.29, 1.82) is 0 Å². The minimum Gasteiger partial charge on any atom is -0.444 e. The molecule has 0 aliphatic heterocycles. The van der Waals surface area contributed by atoms with Gasteiger partial charge in [0.25, 0.3) is 0 Å². The fourth-order valence-electron chi connectivity index (χ4n) is 4.72. The molecule has 0 aromatic heterocycles. The number of carbonyl (C=O) groups is 7. The smallest absolute Gasteiger partial charge is 0.407 e. The summed E-state index contributed by atoms with van der Waals surface area (Å²) in [7, 11) is 0. The molecule has 0 aliphatic carbocycles. The van der Waals surface area contributed by atoms with E-state index < -0.39 is 46.5 Å². The van der Waals surface area contributed by atoms with Gasteiger partial charge in [0.1, 0.15) is 28.9 Å². The van der Waals surface area contributed by atoms with Gasteiger partial charge in [-0.3, -0.25) is 19.2 Å². The second kappa shape index (κ2) is 30.2. The second-order valence-corrected chi connectivity index (χ2v) is 17.0. The average Bonchev–Trinajstić information content (AvgIpc) is 3.11. The molecule has 20 heteroatoms. The molecule has 7 N–H and O–H groups in total. The molecule has 0 fully saturated rings. The van der Waals surface area contributed by atoms with Crippen LogP contribution in [0.15, 0.2) is 0 Å². The molecule has 0 saturated heterocycles. The lowest BCUT2D eigenvalue weighted by atomic mass is 10.0. The minimum atomic E-state index is -1.33. The van der Waals surface area contributed by atoms with Crippen LogP contribution in [0.2, 0.25) is 0 Å². The molecule has 0 aliphatic rings. The molecule has 0 saturated carbocycles. The Labute approximate surface area is 361 Å². The van der Waals surface area contributed by atoms with Crippen molar-refractivity contribution < 1.29 is 62.0 Å². The largest absolute Gasteiger partial charge is 0.444 e. The van der Waals surface area contributed by atoms with Gasteiger partial charge >= 0.3 is 18.3 Å². The van der Waals surface area contributed by atoms with Crippen LogP contribution in [0.1, 0.15) is 107 Å². The molecule has 350 valence electrons. The monoisotopic (exact) mass is 872 g/mol. The number of nitrogens with one attached hydrogen (secondary N) is 7. The Morgan fingerprint density at radius 1 is 0.443 bits per heavy atom. The van der Waals surface area contributed by atoms with Crippen molar-refractivity contribution in [1.82, 2.24) is 37.2 Å². The SMILES string of the molecule is C#CCOCC(COCCC(=O)NCCCNC(=O)OC(C)(C)C)(COCCC(=O)NCCCNC(=O)OC(C)(C)C)NC(=O)CCC(=O)NCCCNC(=O)OC(C)(C)C. The Bertz CT molecular complexity index is 1340. The van der Waals surface area contributed by atoms with E-state index in [9.17, 15) is 33.6 Å². The van der Waals surface area contributed by atoms with Gasteiger partial charge in [-0.2, -0.15) is 0 Å². The number of hydrogen-bond donors (Lipinski definition) is 7. The predicted molar refractivity (Wildman–Crippen MR) is 226 cm³/mol. The first-order chi connectivity index (χ1) is 28.4. The molecular weight excluding hydrogens is 798 g/mol. The van der Waals surface area contributed by atoms with Crippen LogP contribution in [0.5, 0.6) is 0 Å². The summed E-state index contributed by atoms with van der Waals surface area (Å²) in [4.78, 5) is 86.1. The molecule has 0 aromatic carbocycles. The van der Waals surface area contributed by atoms with Gasteiger partial charge in [-0.05, 0) is 81.6 Å². The van der Waals surface area contributed by atoms with Gasteiger partial charge in [-0.15, -0.1) is 6.42 Å². The summed E-state index contributed by atoms with van der Waals surface area (Å²) in [5, 5.41) is 18.9. The Balaban J connectivity index is 5.24. The summed E-state index contributed by atoms with van der Waals surface area (Å²) >= 11 is 0. The molecule has 0 atom stereocenters. The highest BCUT2D eigenvalue weighted by Gasteiger charge is 2.34. The van der Waals surface area contributed by atoms with Gasteiger partial charge in [0.05, 0.1) is 33.0 Å². The van der Waals surface area contributed by atoms with E-state index >= 15 is 0 Å². The van der Waals surface area contributed by atoms with Crippen LogP contribution in [0.25, 0.3) is 0 Å². The summed E-state index contributed by atoms with van der Waals surface area (Å²) in [6.45, 7) is 16.9. The van der Waals surface area contributed by atoms with E-state index in [0.29, 0.717) is 45.4 Å². The maximum absolute atomic E-state index is 13.3. The molecule has 0 rings (SSSR count). The number of carbonyl (C=O) groups excluding carboxylic acids is 7. The van der Waals surface area contributed by atoms with Crippen molar-refractivity contribution in [3.05, 3.63) is 0 Å². The summed E-state index contributed by atoms with van der Waals surface area (Å²) < 4.78 is 32.9. The Hall–Kier alpha value is -4.87. The zero-order valence-electron chi connectivity index (χ0n) is 37.8. The fraction of sp³-hybridized carbons (Fsp3) is 0.780. The van der Waals surface area contributed by atoms with E-state index in [1.54, 1.807) is 62.3 Å². The lowest BCUT2D eigenvalue weighted by Crippen LogP contribution is -2.58. The first-order valence-corrected chi connectivity index (χ1v) is 20.6. The zero-order chi connectivity index (χ0) is 46.4. The van der Waals surface area contributed by atoms with Gasteiger partial charge in [-0.25, -0.2) is 14.4 Å². The van der Waals surface area contributed by atoms with Crippen LogP contribution < -0.4 is 37.2 Å². The third-order valence-corrected chi connectivity index (χ3v) is 7.28. The van der Waals surface area contributed by atoms with E-state index in [1.165, 1.54) is 0 Å². The first kappa shape index (κ1) is 56.1. The molecule has 0 aromatic rings. The normalized spacial score (nSPS) is 11.6. The Morgan fingerprint density at radius 3 is 1.10 bits per heavy atom. The molecule has 0 spiro atoms. The number of terminal acetylenes is 1. The molecule has 20 nitrogen and oxygen atoms in total. The Morgan fingerprint density at radius 2 is 0.754 bits per heavy atom. The van der Waals surface area contributed by atoms with Gasteiger partial charge < -0.3 is 65.6 Å². The number of rotatable bonds is 29. The lowest BCUT2D eigenvalue weighted by molar-refractivity contribution is -0.131. The number of ether oxygens (including phenoxy) is 6. The highest BCUT2D eigenvalue weighted by atomic mass is 16.6. The third-order valence-electron chi connectivity index (χ3n) is 7.28.